The number of hydrogen-bond acceptors (Lipinski definition) is 4. The first-order valence-electron chi connectivity index (χ1n) is 5.92. The van der Waals surface area contributed by atoms with E-state index in [1.54, 1.807) is 6.20 Å². The van der Waals surface area contributed by atoms with Crippen molar-refractivity contribution in [3.05, 3.63) is 18.0 Å². The predicted octanol–water partition coefficient (Wildman–Crippen LogP) is 1.54. The molecule has 2 N–H and O–H groups in total. The van der Waals surface area contributed by atoms with Crippen molar-refractivity contribution in [3.63, 3.8) is 0 Å². The molecule has 1 aromatic rings. The third-order valence-corrected chi connectivity index (χ3v) is 3.32. The Balaban J connectivity index is 1.87. The highest BCUT2D eigenvalue weighted by Crippen LogP contribution is 2.30. The van der Waals surface area contributed by atoms with E-state index in [1.165, 1.54) is 19.3 Å². The average Bonchev–Trinajstić information content (AvgIpc) is 2.74. The van der Waals surface area contributed by atoms with Crippen LogP contribution in [0.15, 0.2) is 12.3 Å². The third kappa shape index (κ3) is 2.70. The Morgan fingerprint density at radius 2 is 2.25 bits per heavy atom. The number of hydrogen-bond donors (Lipinski definition) is 1. The molecule has 1 saturated carbocycles. The van der Waals surface area contributed by atoms with Gasteiger partial charge in [0.15, 0.2) is 0 Å². The van der Waals surface area contributed by atoms with Crippen molar-refractivity contribution in [1.29, 1.82) is 0 Å². The number of nitrogens with two attached hydrogens (primary N) is 1. The molecule has 0 saturated heterocycles. The van der Waals surface area contributed by atoms with Crippen LogP contribution in [0.25, 0.3) is 0 Å². The molecule has 1 fully saturated rings. The van der Waals surface area contributed by atoms with E-state index in [4.69, 9.17) is 10.5 Å². The number of ether oxygens (including phenoxy) is 1. The van der Waals surface area contributed by atoms with Gasteiger partial charge in [0, 0.05) is 11.9 Å². The fourth-order valence-corrected chi connectivity index (χ4v) is 2.32. The molecular formula is C12H19N3O. The van der Waals surface area contributed by atoms with Crippen molar-refractivity contribution >= 4 is 0 Å². The summed E-state index contributed by atoms with van der Waals surface area (Å²) < 4.78 is 5.63. The van der Waals surface area contributed by atoms with Gasteiger partial charge in [0.2, 0.25) is 0 Å². The van der Waals surface area contributed by atoms with Crippen LogP contribution in [0.1, 0.15) is 25.0 Å². The van der Waals surface area contributed by atoms with Gasteiger partial charge >= 0.3 is 6.01 Å². The minimum absolute atomic E-state index is 0.489. The first kappa shape index (κ1) is 11.3. The Labute approximate surface area is 96.2 Å². The van der Waals surface area contributed by atoms with Gasteiger partial charge < -0.3 is 10.5 Å². The SMILES string of the molecule is Cc1ccnc(OCC2CCCC2CN)n1. The normalized spacial score (nSPS) is 24.6. The van der Waals surface area contributed by atoms with E-state index in [-0.39, 0.29) is 0 Å². The molecule has 0 radical (unpaired) electrons. The maximum absolute atomic E-state index is 5.73. The summed E-state index contributed by atoms with van der Waals surface area (Å²) in [5, 5.41) is 0. The van der Waals surface area contributed by atoms with Crippen LogP contribution in [0.3, 0.4) is 0 Å². The lowest BCUT2D eigenvalue weighted by atomic mass is 9.97. The molecule has 0 amide bonds. The Morgan fingerprint density at radius 3 is 3.00 bits per heavy atom. The summed E-state index contributed by atoms with van der Waals surface area (Å²) >= 11 is 0. The number of nitrogens with zero attached hydrogens (tertiary/aromatic N) is 2. The molecule has 0 aliphatic heterocycles. The fraction of sp³-hybridized carbons (Fsp3) is 0.667. The third-order valence-electron chi connectivity index (χ3n) is 3.32. The molecule has 1 aliphatic carbocycles. The maximum atomic E-state index is 5.73. The zero-order valence-electron chi connectivity index (χ0n) is 9.72. The first-order chi connectivity index (χ1) is 7.79. The highest BCUT2D eigenvalue weighted by Gasteiger charge is 2.26. The Kier molecular flexibility index (Phi) is 3.72. The molecule has 1 heterocycles. The quantitative estimate of drug-likeness (QED) is 0.837. The van der Waals surface area contributed by atoms with Crippen LogP contribution in [-0.4, -0.2) is 23.1 Å². The van der Waals surface area contributed by atoms with Crippen molar-refractivity contribution in [3.8, 4) is 6.01 Å². The second-order valence-corrected chi connectivity index (χ2v) is 4.48. The summed E-state index contributed by atoms with van der Waals surface area (Å²) in [5.74, 6) is 1.19. The number of aryl methyl sites for hydroxylation is 1. The van der Waals surface area contributed by atoms with E-state index in [1.807, 2.05) is 13.0 Å². The van der Waals surface area contributed by atoms with Crippen molar-refractivity contribution in [1.82, 2.24) is 9.97 Å². The summed E-state index contributed by atoms with van der Waals surface area (Å²) in [7, 11) is 0. The van der Waals surface area contributed by atoms with Crippen LogP contribution in [0.5, 0.6) is 6.01 Å². The van der Waals surface area contributed by atoms with Crippen molar-refractivity contribution in [2.45, 2.75) is 26.2 Å². The molecule has 2 atom stereocenters. The zero-order chi connectivity index (χ0) is 11.4. The van der Waals surface area contributed by atoms with Gasteiger partial charge in [-0.2, -0.15) is 0 Å². The summed E-state index contributed by atoms with van der Waals surface area (Å²) in [6.45, 7) is 3.40. The standard InChI is InChI=1S/C12H19N3O/c1-9-5-6-14-12(15-9)16-8-11-4-2-3-10(11)7-13/h5-6,10-11H,2-4,7-8,13H2,1H3. The summed E-state index contributed by atoms with van der Waals surface area (Å²) in [6.07, 6.45) is 5.45. The predicted molar refractivity (Wildman–Crippen MR) is 62.1 cm³/mol. The molecular weight excluding hydrogens is 202 g/mol. The first-order valence-corrected chi connectivity index (χ1v) is 5.92. The van der Waals surface area contributed by atoms with Crippen LogP contribution in [-0.2, 0) is 0 Å². The topological polar surface area (TPSA) is 61.0 Å². The zero-order valence-corrected chi connectivity index (χ0v) is 9.72. The van der Waals surface area contributed by atoms with Crippen molar-refractivity contribution in [2.24, 2.45) is 17.6 Å². The molecule has 1 aromatic heterocycles. The van der Waals surface area contributed by atoms with Gasteiger partial charge in [0.05, 0.1) is 6.61 Å². The lowest BCUT2D eigenvalue weighted by molar-refractivity contribution is 0.203. The minimum atomic E-state index is 0.489. The van der Waals surface area contributed by atoms with E-state index in [9.17, 15) is 0 Å². The van der Waals surface area contributed by atoms with Gasteiger partial charge in [-0.25, -0.2) is 9.97 Å². The van der Waals surface area contributed by atoms with Gasteiger partial charge in [-0.3, -0.25) is 0 Å². The smallest absolute Gasteiger partial charge is 0.316 e. The van der Waals surface area contributed by atoms with Gasteiger partial charge in [-0.15, -0.1) is 0 Å². The largest absolute Gasteiger partial charge is 0.463 e. The molecule has 2 unspecified atom stereocenters. The van der Waals surface area contributed by atoms with Gasteiger partial charge in [0.25, 0.3) is 0 Å². The summed E-state index contributed by atoms with van der Waals surface area (Å²) in [5.41, 5.74) is 6.67. The molecule has 4 heteroatoms. The van der Waals surface area contributed by atoms with Crippen LogP contribution >= 0.6 is 0 Å². The lowest BCUT2D eigenvalue weighted by Gasteiger charge is -2.17. The second-order valence-electron chi connectivity index (χ2n) is 4.48. The molecule has 0 bridgehead atoms. The van der Waals surface area contributed by atoms with E-state index in [0.717, 1.165) is 12.2 Å². The molecule has 0 aromatic carbocycles. The van der Waals surface area contributed by atoms with Crippen molar-refractivity contribution in [2.75, 3.05) is 13.2 Å². The van der Waals surface area contributed by atoms with E-state index in [0.29, 0.717) is 24.5 Å². The molecule has 2 rings (SSSR count). The molecule has 88 valence electrons. The van der Waals surface area contributed by atoms with E-state index >= 15 is 0 Å². The van der Waals surface area contributed by atoms with Crippen LogP contribution in [0, 0.1) is 18.8 Å². The molecule has 16 heavy (non-hydrogen) atoms. The van der Waals surface area contributed by atoms with Gasteiger partial charge in [-0.1, -0.05) is 6.42 Å². The Bertz CT molecular complexity index is 343. The van der Waals surface area contributed by atoms with E-state index in [2.05, 4.69) is 9.97 Å². The summed E-state index contributed by atoms with van der Waals surface area (Å²) in [6, 6.07) is 2.35. The lowest BCUT2D eigenvalue weighted by Crippen LogP contribution is -2.23. The van der Waals surface area contributed by atoms with E-state index < -0.39 is 0 Å². The minimum Gasteiger partial charge on any atom is -0.463 e. The molecule has 4 nitrogen and oxygen atoms in total. The Morgan fingerprint density at radius 1 is 1.44 bits per heavy atom. The molecule has 1 aliphatic rings. The average molecular weight is 221 g/mol. The fourth-order valence-electron chi connectivity index (χ4n) is 2.32. The monoisotopic (exact) mass is 221 g/mol. The maximum Gasteiger partial charge on any atom is 0.316 e. The highest BCUT2D eigenvalue weighted by molar-refractivity contribution is 5.03. The van der Waals surface area contributed by atoms with Crippen LogP contribution in [0.4, 0.5) is 0 Å². The second kappa shape index (κ2) is 5.25. The Hall–Kier alpha value is -1.16. The van der Waals surface area contributed by atoms with Gasteiger partial charge in [0.1, 0.15) is 0 Å². The number of rotatable bonds is 4. The molecule has 0 spiro atoms. The summed E-state index contributed by atoms with van der Waals surface area (Å²) in [4.78, 5) is 8.31. The van der Waals surface area contributed by atoms with Crippen LogP contribution in [0.2, 0.25) is 0 Å². The van der Waals surface area contributed by atoms with Crippen molar-refractivity contribution < 1.29 is 4.74 Å². The van der Waals surface area contributed by atoms with Crippen LogP contribution < -0.4 is 10.5 Å². The van der Waals surface area contributed by atoms with Gasteiger partial charge in [-0.05, 0) is 44.2 Å². The highest BCUT2D eigenvalue weighted by atomic mass is 16.5. The number of aromatic nitrogens is 2.